The molecule has 0 atom stereocenters. The molecule has 1 aromatic rings. The number of aromatic nitrogens is 1. The van der Waals surface area contributed by atoms with Crippen LogP contribution >= 0.6 is 24.0 Å². The van der Waals surface area contributed by atoms with E-state index in [9.17, 15) is 0 Å². The molecule has 154 valence electrons. The van der Waals surface area contributed by atoms with Gasteiger partial charge in [0.25, 0.3) is 0 Å². The molecule has 1 aliphatic rings. The average Bonchev–Trinajstić information content (AvgIpc) is 3.48. The molecule has 0 saturated heterocycles. The van der Waals surface area contributed by atoms with E-state index in [4.69, 9.17) is 14.2 Å². The van der Waals surface area contributed by atoms with Crippen molar-refractivity contribution in [2.24, 2.45) is 10.9 Å². The lowest BCUT2D eigenvalue weighted by molar-refractivity contribution is 0.0698. The Kier molecular flexibility index (Phi) is 13.2. The largest absolute Gasteiger partial charge is 0.477 e. The Labute approximate surface area is 179 Å². The summed E-state index contributed by atoms with van der Waals surface area (Å²) in [6.45, 7) is 7.03. The van der Waals surface area contributed by atoms with Crippen LogP contribution in [0.25, 0.3) is 0 Å². The third-order valence-corrected chi connectivity index (χ3v) is 3.92. The number of nitrogens with zero attached hydrogens (tertiary/aromatic N) is 2. The minimum absolute atomic E-state index is 0. The van der Waals surface area contributed by atoms with Gasteiger partial charge in [0.2, 0.25) is 5.88 Å². The second kappa shape index (κ2) is 14.9. The van der Waals surface area contributed by atoms with Crippen molar-refractivity contribution in [3.8, 4) is 5.88 Å². The van der Waals surface area contributed by atoms with Crippen LogP contribution in [0, 0.1) is 5.92 Å². The molecule has 1 fully saturated rings. The molecule has 1 aromatic heterocycles. The number of guanidine groups is 1. The van der Waals surface area contributed by atoms with Gasteiger partial charge in [-0.3, -0.25) is 0 Å². The summed E-state index contributed by atoms with van der Waals surface area (Å²) < 4.78 is 16.1. The predicted octanol–water partition coefficient (Wildman–Crippen LogP) is 2.60. The molecule has 0 aliphatic heterocycles. The monoisotopic (exact) mass is 492 g/mol. The Balaban J connectivity index is 0.00000364. The zero-order valence-electron chi connectivity index (χ0n) is 16.4. The lowest BCUT2D eigenvalue weighted by atomic mass is 10.3. The van der Waals surface area contributed by atoms with Gasteiger partial charge in [0.1, 0.15) is 0 Å². The van der Waals surface area contributed by atoms with Crippen LogP contribution < -0.4 is 15.4 Å². The number of methoxy groups -OCH3 is 1. The van der Waals surface area contributed by atoms with Gasteiger partial charge >= 0.3 is 0 Å². The van der Waals surface area contributed by atoms with Crippen molar-refractivity contribution in [3.63, 3.8) is 0 Å². The number of nitrogens with one attached hydrogen (secondary N) is 2. The molecule has 1 heterocycles. The quantitative estimate of drug-likeness (QED) is 0.191. The van der Waals surface area contributed by atoms with Crippen molar-refractivity contribution in [3.05, 3.63) is 23.9 Å². The fourth-order valence-electron chi connectivity index (χ4n) is 2.25. The summed E-state index contributed by atoms with van der Waals surface area (Å²) in [6.07, 6.45) is 5.26. The Morgan fingerprint density at radius 3 is 2.85 bits per heavy atom. The summed E-state index contributed by atoms with van der Waals surface area (Å²) in [5.74, 6) is 2.22. The lowest BCUT2D eigenvalue weighted by Crippen LogP contribution is -2.38. The first-order valence-corrected chi connectivity index (χ1v) is 9.48. The van der Waals surface area contributed by atoms with Crippen LogP contribution in [-0.2, 0) is 16.0 Å². The molecule has 8 heteroatoms. The van der Waals surface area contributed by atoms with Crippen molar-refractivity contribution in [1.29, 1.82) is 0 Å². The van der Waals surface area contributed by atoms with Crippen molar-refractivity contribution >= 4 is 29.9 Å². The average molecular weight is 492 g/mol. The summed E-state index contributed by atoms with van der Waals surface area (Å²) >= 11 is 0. The molecule has 2 N–H and O–H groups in total. The van der Waals surface area contributed by atoms with Gasteiger partial charge in [0.05, 0.1) is 26.4 Å². The van der Waals surface area contributed by atoms with Crippen LogP contribution in [0.15, 0.2) is 23.3 Å². The van der Waals surface area contributed by atoms with E-state index in [0.717, 1.165) is 43.6 Å². The molecule has 2 rings (SSSR count). The third-order valence-electron chi connectivity index (χ3n) is 3.92. The van der Waals surface area contributed by atoms with Crippen molar-refractivity contribution in [2.75, 3.05) is 46.6 Å². The van der Waals surface area contributed by atoms with Gasteiger partial charge in [-0.2, -0.15) is 0 Å². The fourth-order valence-corrected chi connectivity index (χ4v) is 2.25. The molecule has 27 heavy (non-hydrogen) atoms. The molecular formula is C19H33IN4O3. The smallest absolute Gasteiger partial charge is 0.213 e. The van der Waals surface area contributed by atoms with E-state index < -0.39 is 0 Å². The summed E-state index contributed by atoms with van der Waals surface area (Å²) in [5, 5.41) is 6.58. The molecule has 7 nitrogen and oxygen atoms in total. The molecule has 0 bridgehead atoms. The highest BCUT2D eigenvalue weighted by molar-refractivity contribution is 14.0. The number of aliphatic imine (C=N–C) groups is 1. The van der Waals surface area contributed by atoms with E-state index in [1.54, 1.807) is 13.3 Å². The zero-order valence-corrected chi connectivity index (χ0v) is 18.7. The zero-order chi connectivity index (χ0) is 18.5. The summed E-state index contributed by atoms with van der Waals surface area (Å²) in [6, 6.07) is 3.94. The second-order valence-corrected chi connectivity index (χ2v) is 6.34. The topological polar surface area (TPSA) is 77.0 Å². The molecule has 1 saturated carbocycles. The Bertz CT molecular complexity index is 541. The highest BCUT2D eigenvalue weighted by Gasteiger charge is 2.22. The number of hydrogen-bond acceptors (Lipinski definition) is 5. The van der Waals surface area contributed by atoms with Crippen molar-refractivity contribution in [2.45, 2.75) is 32.7 Å². The van der Waals surface area contributed by atoms with Crippen LogP contribution in [0.5, 0.6) is 5.88 Å². The van der Waals surface area contributed by atoms with Crippen LogP contribution in [-0.4, -0.2) is 57.6 Å². The van der Waals surface area contributed by atoms with E-state index in [1.807, 2.05) is 12.1 Å². The Morgan fingerprint density at radius 2 is 2.11 bits per heavy atom. The maximum absolute atomic E-state index is 5.73. The molecule has 0 unspecified atom stereocenters. The van der Waals surface area contributed by atoms with Gasteiger partial charge in [0, 0.05) is 39.1 Å². The van der Waals surface area contributed by atoms with Gasteiger partial charge in [0.15, 0.2) is 5.96 Å². The van der Waals surface area contributed by atoms with Gasteiger partial charge in [-0.1, -0.05) is 0 Å². The molecule has 0 amide bonds. The van der Waals surface area contributed by atoms with Gasteiger partial charge in [-0.25, -0.2) is 9.98 Å². The maximum Gasteiger partial charge on any atom is 0.213 e. The first-order chi connectivity index (χ1) is 12.8. The van der Waals surface area contributed by atoms with E-state index >= 15 is 0 Å². The van der Waals surface area contributed by atoms with Crippen molar-refractivity contribution < 1.29 is 14.2 Å². The van der Waals surface area contributed by atoms with Crippen LogP contribution in [0.4, 0.5) is 0 Å². The minimum Gasteiger partial charge on any atom is -0.477 e. The number of pyridine rings is 1. The van der Waals surface area contributed by atoms with E-state index in [0.29, 0.717) is 32.2 Å². The predicted molar refractivity (Wildman–Crippen MR) is 118 cm³/mol. The van der Waals surface area contributed by atoms with Crippen LogP contribution in [0.3, 0.4) is 0 Å². The Morgan fingerprint density at radius 1 is 1.26 bits per heavy atom. The molecule has 1 aliphatic carbocycles. The minimum atomic E-state index is 0. The molecule has 0 aromatic carbocycles. The normalized spacial score (nSPS) is 13.8. The molecular weight excluding hydrogens is 459 g/mol. The molecule has 0 spiro atoms. The molecule has 0 radical (unpaired) electrons. The van der Waals surface area contributed by atoms with Gasteiger partial charge < -0.3 is 24.8 Å². The number of hydrogen-bond donors (Lipinski definition) is 2. The maximum atomic E-state index is 5.73. The van der Waals surface area contributed by atoms with Crippen molar-refractivity contribution in [1.82, 2.24) is 15.6 Å². The highest BCUT2D eigenvalue weighted by Crippen LogP contribution is 2.29. The SMILES string of the molecule is CCNC(=NCc1ccnc(OCC2CC2)c1)NCCCOCCOC.I. The van der Waals surface area contributed by atoms with Crippen LogP contribution in [0.1, 0.15) is 31.7 Å². The summed E-state index contributed by atoms with van der Waals surface area (Å²) in [5.41, 5.74) is 1.09. The van der Waals surface area contributed by atoms with Gasteiger partial charge in [-0.15, -0.1) is 24.0 Å². The fraction of sp³-hybridized carbons (Fsp3) is 0.684. The number of ether oxygens (including phenoxy) is 3. The van der Waals surface area contributed by atoms with E-state index in [2.05, 4.69) is 27.5 Å². The highest BCUT2D eigenvalue weighted by atomic mass is 127. The lowest BCUT2D eigenvalue weighted by Gasteiger charge is -2.11. The van der Waals surface area contributed by atoms with E-state index in [-0.39, 0.29) is 24.0 Å². The van der Waals surface area contributed by atoms with E-state index in [1.165, 1.54) is 12.8 Å². The standard InChI is InChI=1S/C19H32N4O3.HI/c1-3-20-19(22-8-4-10-25-12-11-24-2)23-14-17-7-9-21-18(13-17)26-15-16-5-6-16;/h7,9,13,16H,3-6,8,10-12,14-15H2,1-2H3,(H2,20,22,23);1H. The Hall–Kier alpha value is -1.13. The third kappa shape index (κ3) is 11.3. The summed E-state index contributed by atoms with van der Waals surface area (Å²) in [4.78, 5) is 8.90. The van der Waals surface area contributed by atoms with Gasteiger partial charge in [-0.05, 0) is 43.7 Å². The van der Waals surface area contributed by atoms with Crippen LogP contribution in [0.2, 0.25) is 0 Å². The second-order valence-electron chi connectivity index (χ2n) is 6.34. The number of rotatable bonds is 13. The first-order valence-electron chi connectivity index (χ1n) is 9.48. The number of halogens is 1. The summed E-state index contributed by atoms with van der Waals surface area (Å²) in [7, 11) is 1.68. The first kappa shape index (κ1) is 23.9.